The number of ether oxygens (including phenoxy) is 1. The summed E-state index contributed by atoms with van der Waals surface area (Å²) in [5.74, 6) is 1.24. The molecule has 1 saturated heterocycles. The van der Waals surface area contributed by atoms with Gasteiger partial charge in [-0.05, 0) is 81.4 Å². The standard InChI is InChI=1S/C27H39N3O3S/c1-28-25(22-11-13-29-26-10-8-20(33-2)17-23(22)26)9-7-19-12-14-30(18-24(19)27(31)32)15-16-34-21-5-3-4-6-21/h8,10-11,13,17,19,21,24-25,28H,3-7,9,12,14-16,18H2,1-2H3,(H,31,32)/t19-,24+,25?/m1/s1. The van der Waals surface area contributed by atoms with E-state index in [1.54, 1.807) is 7.11 Å². The molecular formula is C27H39N3O3S. The Kier molecular flexibility index (Phi) is 9.09. The minimum absolute atomic E-state index is 0.146. The Morgan fingerprint density at radius 1 is 1.29 bits per heavy atom. The van der Waals surface area contributed by atoms with Crippen LogP contribution in [-0.2, 0) is 4.79 Å². The van der Waals surface area contributed by atoms with Crippen molar-refractivity contribution in [1.29, 1.82) is 0 Å². The number of aliphatic carboxylic acids is 1. The van der Waals surface area contributed by atoms with E-state index in [1.807, 2.05) is 31.4 Å². The summed E-state index contributed by atoms with van der Waals surface area (Å²) in [6.45, 7) is 2.71. The number of aromatic nitrogens is 1. The summed E-state index contributed by atoms with van der Waals surface area (Å²) in [6, 6.07) is 8.19. The second-order valence-electron chi connectivity index (χ2n) is 9.77. The molecule has 0 amide bonds. The number of methoxy groups -OCH3 is 1. The van der Waals surface area contributed by atoms with Crippen molar-refractivity contribution in [2.24, 2.45) is 11.8 Å². The van der Waals surface area contributed by atoms with E-state index in [1.165, 1.54) is 31.2 Å². The van der Waals surface area contributed by atoms with E-state index in [0.717, 1.165) is 60.0 Å². The number of hydrogen-bond acceptors (Lipinski definition) is 6. The highest BCUT2D eigenvalue weighted by molar-refractivity contribution is 7.99. The molecule has 1 aromatic carbocycles. The third kappa shape index (κ3) is 6.23. The summed E-state index contributed by atoms with van der Waals surface area (Å²) < 4.78 is 5.43. The van der Waals surface area contributed by atoms with Crippen molar-refractivity contribution in [2.75, 3.05) is 39.5 Å². The Balaban J connectivity index is 1.36. The second kappa shape index (κ2) is 12.2. The Hall–Kier alpha value is -1.83. The Labute approximate surface area is 207 Å². The molecular weight excluding hydrogens is 446 g/mol. The fourth-order valence-electron chi connectivity index (χ4n) is 5.71. The van der Waals surface area contributed by atoms with Gasteiger partial charge in [0.1, 0.15) is 5.75 Å². The predicted molar refractivity (Wildman–Crippen MR) is 140 cm³/mol. The first-order chi connectivity index (χ1) is 16.6. The van der Waals surface area contributed by atoms with Gasteiger partial charge in [0.25, 0.3) is 0 Å². The summed E-state index contributed by atoms with van der Waals surface area (Å²) in [4.78, 5) is 19.0. The van der Waals surface area contributed by atoms with E-state index >= 15 is 0 Å². The molecule has 6 nitrogen and oxygen atoms in total. The normalized spacial score (nSPS) is 22.8. The zero-order chi connectivity index (χ0) is 23.9. The first kappa shape index (κ1) is 25.3. The van der Waals surface area contributed by atoms with Gasteiger partial charge in [-0.2, -0.15) is 11.8 Å². The van der Waals surface area contributed by atoms with E-state index in [4.69, 9.17) is 4.74 Å². The smallest absolute Gasteiger partial charge is 0.308 e. The molecule has 0 bridgehead atoms. The first-order valence-electron chi connectivity index (χ1n) is 12.8. The van der Waals surface area contributed by atoms with Gasteiger partial charge in [-0.15, -0.1) is 0 Å². The van der Waals surface area contributed by atoms with Crippen molar-refractivity contribution in [3.05, 3.63) is 36.0 Å². The van der Waals surface area contributed by atoms with Gasteiger partial charge in [0.15, 0.2) is 0 Å². The fraction of sp³-hybridized carbons (Fsp3) is 0.630. The van der Waals surface area contributed by atoms with Gasteiger partial charge >= 0.3 is 5.97 Å². The zero-order valence-corrected chi connectivity index (χ0v) is 21.4. The maximum absolute atomic E-state index is 12.2. The lowest BCUT2D eigenvalue weighted by Gasteiger charge is -2.37. The van der Waals surface area contributed by atoms with Crippen LogP contribution in [0, 0.1) is 11.8 Å². The summed E-state index contributed by atoms with van der Waals surface area (Å²) in [7, 11) is 3.66. The number of pyridine rings is 1. The summed E-state index contributed by atoms with van der Waals surface area (Å²) >= 11 is 2.09. The largest absolute Gasteiger partial charge is 0.497 e. The van der Waals surface area contributed by atoms with E-state index in [-0.39, 0.29) is 17.9 Å². The lowest BCUT2D eigenvalue weighted by atomic mass is 9.81. The van der Waals surface area contributed by atoms with Crippen molar-refractivity contribution in [3.8, 4) is 5.75 Å². The van der Waals surface area contributed by atoms with Crippen LogP contribution in [0.25, 0.3) is 10.9 Å². The molecule has 0 radical (unpaired) electrons. The van der Waals surface area contributed by atoms with Gasteiger partial charge in [0.2, 0.25) is 0 Å². The van der Waals surface area contributed by atoms with Crippen LogP contribution in [0.15, 0.2) is 30.5 Å². The lowest BCUT2D eigenvalue weighted by molar-refractivity contribution is -0.146. The second-order valence-corrected chi connectivity index (χ2v) is 11.2. The molecule has 1 aliphatic carbocycles. The van der Waals surface area contributed by atoms with Crippen LogP contribution < -0.4 is 10.1 Å². The number of carboxylic acids is 1. The van der Waals surface area contributed by atoms with Crippen molar-refractivity contribution >= 4 is 28.6 Å². The maximum atomic E-state index is 12.2. The molecule has 7 heteroatoms. The number of nitrogens with one attached hydrogen (secondary N) is 1. The van der Waals surface area contributed by atoms with Crippen LogP contribution in [-0.4, -0.2) is 65.8 Å². The number of carbonyl (C=O) groups is 1. The van der Waals surface area contributed by atoms with Crippen molar-refractivity contribution in [2.45, 2.75) is 56.2 Å². The molecule has 186 valence electrons. The van der Waals surface area contributed by atoms with Crippen LogP contribution in [0.1, 0.15) is 56.6 Å². The van der Waals surface area contributed by atoms with Gasteiger partial charge in [-0.3, -0.25) is 9.78 Å². The average Bonchev–Trinajstić information content (AvgIpc) is 3.38. The monoisotopic (exact) mass is 485 g/mol. The van der Waals surface area contributed by atoms with Gasteiger partial charge in [0, 0.05) is 41.7 Å². The van der Waals surface area contributed by atoms with Gasteiger partial charge < -0.3 is 20.1 Å². The lowest BCUT2D eigenvalue weighted by Crippen LogP contribution is -2.44. The fourth-order valence-corrected chi connectivity index (χ4v) is 7.08. The molecule has 0 spiro atoms. The number of piperidine rings is 1. The summed E-state index contributed by atoms with van der Waals surface area (Å²) in [6.07, 6.45) is 10.1. The summed E-state index contributed by atoms with van der Waals surface area (Å²) in [5, 5.41) is 15.4. The first-order valence-corrected chi connectivity index (χ1v) is 13.8. The van der Waals surface area contributed by atoms with Crippen LogP contribution in [0.2, 0.25) is 0 Å². The van der Waals surface area contributed by atoms with Crippen molar-refractivity contribution in [3.63, 3.8) is 0 Å². The molecule has 2 heterocycles. The SMILES string of the molecule is CNC(CC[C@@H]1CCN(CCSC2CCCC2)C[C@@H]1C(=O)O)c1ccnc2ccc(OC)cc12. The molecule has 1 unspecified atom stereocenters. The van der Waals surface area contributed by atoms with E-state index in [9.17, 15) is 9.90 Å². The van der Waals surface area contributed by atoms with Gasteiger partial charge in [0.05, 0.1) is 18.5 Å². The Morgan fingerprint density at radius 2 is 2.12 bits per heavy atom. The molecule has 3 atom stereocenters. The molecule has 2 fully saturated rings. The number of benzene rings is 1. The van der Waals surface area contributed by atoms with Crippen LogP contribution in [0.4, 0.5) is 0 Å². The summed E-state index contributed by atoms with van der Waals surface area (Å²) in [5.41, 5.74) is 2.14. The minimum Gasteiger partial charge on any atom is -0.497 e. The molecule has 2 aliphatic rings. The topological polar surface area (TPSA) is 74.7 Å². The van der Waals surface area contributed by atoms with E-state index in [0.29, 0.717) is 6.54 Å². The quantitative estimate of drug-likeness (QED) is 0.465. The minimum atomic E-state index is -0.641. The number of fused-ring (bicyclic) bond motifs is 1. The molecule has 1 aliphatic heterocycles. The molecule has 2 N–H and O–H groups in total. The number of thioether (sulfide) groups is 1. The van der Waals surface area contributed by atoms with Crippen LogP contribution in [0.3, 0.4) is 0 Å². The average molecular weight is 486 g/mol. The van der Waals surface area contributed by atoms with Crippen LogP contribution in [0.5, 0.6) is 5.75 Å². The zero-order valence-electron chi connectivity index (χ0n) is 20.5. The molecule has 34 heavy (non-hydrogen) atoms. The highest BCUT2D eigenvalue weighted by Crippen LogP contribution is 2.34. The molecule has 2 aromatic rings. The highest BCUT2D eigenvalue weighted by Gasteiger charge is 2.34. The number of hydrogen-bond donors (Lipinski definition) is 2. The van der Waals surface area contributed by atoms with E-state index < -0.39 is 5.97 Å². The van der Waals surface area contributed by atoms with E-state index in [2.05, 4.69) is 33.0 Å². The van der Waals surface area contributed by atoms with Crippen molar-refractivity contribution in [1.82, 2.24) is 15.2 Å². The third-order valence-electron chi connectivity index (χ3n) is 7.75. The van der Waals surface area contributed by atoms with Gasteiger partial charge in [-0.1, -0.05) is 12.8 Å². The molecule has 1 aromatic heterocycles. The number of carboxylic acid groups (broad SMARTS) is 1. The third-order valence-corrected chi connectivity index (χ3v) is 9.11. The number of likely N-dealkylation sites (tertiary alicyclic amines) is 1. The predicted octanol–water partition coefficient (Wildman–Crippen LogP) is 4.98. The van der Waals surface area contributed by atoms with Crippen LogP contribution >= 0.6 is 11.8 Å². The molecule has 1 saturated carbocycles. The molecule has 4 rings (SSSR count). The maximum Gasteiger partial charge on any atom is 0.308 e. The Morgan fingerprint density at radius 3 is 2.85 bits per heavy atom. The highest BCUT2D eigenvalue weighted by atomic mass is 32.2. The Bertz CT molecular complexity index is 950. The number of rotatable bonds is 11. The van der Waals surface area contributed by atoms with Gasteiger partial charge in [-0.25, -0.2) is 0 Å². The number of nitrogens with zero attached hydrogens (tertiary/aromatic N) is 2. The van der Waals surface area contributed by atoms with Crippen molar-refractivity contribution < 1.29 is 14.6 Å².